The number of anilines is 2. The fraction of sp³-hybridized carbons (Fsp3) is 0.200. The van der Waals surface area contributed by atoms with Crippen molar-refractivity contribution in [2.24, 2.45) is 0 Å². The van der Waals surface area contributed by atoms with Crippen LogP contribution in [0.1, 0.15) is 28.8 Å². The molecule has 0 bridgehead atoms. The maximum Gasteiger partial charge on any atom is 0.259 e. The van der Waals surface area contributed by atoms with Gasteiger partial charge in [-0.3, -0.25) is 9.59 Å². The lowest BCUT2D eigenvalue weighted by Gasteiger charge is -2.13. The van der Waals surface area contributed by atoms with E-state index in [1.54, 1.807) is 54.6 Å². The van der Waals surface area contributed by atoms with Crippen molar-refractivity contribution in [3.05, 3.63) is 88.9 Å². The first-order valence-electron chi connectivity index (χ1n) is 10.4. The van der Waals surface area contributed by atoms with Crippen LogP contribution in [0.15, 0.2) is 72.8 Å². The van der Waals surface area contributed by atoms with Gasteiger partial charge in [0.1, 0.15) is 18.5 Å². The van der Waals surface area contributed by atoms with Crippen LogP contribution >= 0.6 is 11.6 Å². The van der Waals surface area contributed by atoms with Crippen molar-refractivity contribution in [3.8, 4) is 5.75 Å². The van der Waals surface area contributed by atoms with Crippen LogP contribution in [0, 0.1) is 0 Å². The van der Waals surface area contributed by atoms with Crippen molar-refractivity contribution >= 4 is 34.8 Å². The number of halogens is 1. The second-order valence-electron chi connectivity index (χ2n) is 7.43. The predicted molar refractivity (Wildman–Crippen MR) is 124 cm³/mol. The molecule has 2 amide bonds. The van der Waals surface area contributed by atoms with E-state index in [0.717, 1.165) is 18.4 Å². The highest BCUT2D eigenvalue weighted by Gasteiger charge is 2.23. The second-order valence-corrected chi connectivity index (χ2v) is 7.87. The predicted octanol–water partition coefficient (Wildman–Crippen LogP) is 5.29. The number of para-hydroxylation sites is 1. The van der Waals surface area contributed by atoms with Gasteiger partial charge in [-0.05, 0) is 66.9 Å². The number of carbonyl (C=O) groups excluding carboxylic acids is 2. The van der Waals surface area contributed by atoms with Gasteiger partial charge < -0.3 is 20.1 Å². The molecule has 32 heavy (non-hydrogen) atoms. The molecule has 1 fully saturated rings. The maximum absolute atomic E-state index is 12.8. The normalized spacial score (nSPS) is 15.2. The molecule has 0 spiro atoms. The molecular weight excluding hydrogens is 428 g/mol. The van der Waals surface area contributed by atoms with Crippen LogP contribution in [-0.4, -0.2) is 24.5 Å². The summed E-state index contributed by atoms with van der Waals surface area (Å²) in [5.41, 5.74) is 2.63. The molecule has 1 saturated heterocycles. The molecule has 2 N–H and O–H groups in total. The number of hydrogen-bond donors (Lipinski definition) is 2. The molecule has 1 unspecified atom stereocenters. The van der Waals surface area contributed by atoms with Gasteiger partial charge in [-0.25, -0.2) is 0 Å². The molecule has 164 valence electrons. The summed E-state index contributed by atoms with van der Waals surface area (Å²) in [6.07, 6.45) is 1.24. The zero-order chi connectivity index (χ0) is 22.3. The molecule has 6 nitrogen and oxygen atoms in total. The fourth-order valence-corrected chi connectivity index (χ4v) is 3.49. The van der Waals surface area contributed by atoms with Crippen molar-refractivity contribution in [3.63, 3.8) is 0 Å². The molecule has 3 aromatic rings. The van der Waals surface area contributed by atoms with E-state index in [1.165, 1.54) is 0 Å². The van der Waals surface area contributed by atoms with Crippen LogP contribution in [0.2, 0.25) is 5.02 Å². The van der Waals surface area contributed by atoms with E-state index in [9.17, 15) is 9.59 Å². The first-order valence-corrected chi connectivity index (χ1v) is 10.8. The van der Waals surface area contributed by atoms with Gasteiger partial charge in [0.25, 0.3) is 11.8 Å². The summed E-state index contributed by atoms with van der Waals surface area (Å²) in [6.45, 7) is 0.939. The molecule has 0 aromatic heterocycles. The van der Waals surface area contributed by atoms with Crippen LogP contribution in [-0.2, 0) is 16.1 Å². The Hall–Kier alpha value is -3.35. The van der Waals surface area contributed by atoms with Crippen molar-refractivity contribution in [2.75, 3.05) is 17.2 Å². The highest BCUT2D eigenvalue weighted by molar-refractivity contribution is 6.30. The minimum absolute atomic E-state index is 0.147. The monoisotopic (exact) mass is 450 g/mol. The number of ether oxygens (including phenoxy) is 2. The van der Waals surface area contributed by atoms with E-state index < -0.39 is 6.10 Å². The highest BCUT2D eigenvalue weighted by atomic mass is 35.5. The topological polar surface area (TPSA) is 76.7 Å². The van der Waals surface area contributed by atoms with E-state index >= 15 is 0 Å². The molecule has 0 aliphatic carbocycles. The van der Waals surface area contributed by atoms with E-state index in [-0.39, 0.29) is 11.8 Å². The smallest absolute Gasteiger partial charge is 0.259 e. The van der Waals surface area contributed by atoms with Gasteiger partial charge in [0.05, 0.1) is 5.56 Å². The summed E-state index contributed by atoms with van der Waals surface area (Å²) in [5.74, 6) is 0.0549. The average Bonchev–Trinajstić information content (AvgIpc) is 3.35. The van der Waals surface area contributed by atoms with Gasteiger partial charge >= 0.3 is 0 Å². The first-order chi connectivity index (χ1) is 15.6. The Bertz CT molecular complexity index is 1080. The number of carbonyl (C=O) groups is 2. The Morgan fingerprint density at radius 3 is 2.31 bits per heavy atom. The number of hydrogen-bond acceptors (Lipinski definition) is 4. The Labute approximate surface area is 191 Å². The Balaban J connectivity index is 1.37. The van der Waals surface area contributed by atoms with Gasteiger partial charge in [0, 0.05) is 23.0 Å². The zero-order valence-electron chi connectivity index (χ0n) is 17.3. The summed E-state index contributed by atoms with van der Waals surface area (Å²) >= 11 is 5.92. The third kappa shape index (κ3) is 5.66. The minimum atomic E-state index is -0.390. The number of nitrogens with one attached hydrogen (secondary N) is 2. The molecule has 1 heterocycles. The standard InChI is InChI=1S/C25H23ClN2O4/c26-18-9-7-17(8-10-18)16-32-22-5-2-1-4-21(22)24(29)27-19-11-13-20(14-12-19)28-25(30)23-6-3-15-31-23/h1-2,4-5,7-14,23H,3,6,15-16H2,(H,27,29)(H,28,30). The van der Waals surface area contributed by atoms with Crippen molar-refractivity contribution in [1.29, 1.82) is 0 Å². The number of rotatable bonds is 7. The third-order valence-corrected chi connectivity index (χ3v) is 5.32. The van der Waals surface area contributed by atoms with E-state index in [0.29, 0.717) is 40.9 Å². The quantitative estimate of drug-likeness (QED) is 0.512. The van der Waals surface area contributed by atoms with Crippen molar-refractivity contribution < 1.29 is 19.1 Å². The van der Waals surface area contributed by atoms with Gasteiger partial charge in [-0.2, -0.15) is 0 Å². The van der Waals surface area contributed by atoms with Crippen molar-refractivity contribution in [2.45, 2.75) is 25.6 Å². The fourth-order valence-electron chi connectivity index (χ4n) is 3.36. The number of amides is 2. The van der Waals surface area contributed by atoms with E-state index in [1.807, 2.05) is 18.2 Å². The summed E-state index contributed by atoms with van der Waals surface area (Å²) in [5, 5.41) is 6.36. The largest absolute Gasteiger partial charge is 0.488 e. The summed E-state index contributed by atoms with van der Waals surface area (Å²) in [4.78, 5) is 25.0. The van der Waals surface area contributed by atoms with Gasteiger partial charge in [-0.1, -0.05) is 35.9 Å². The SMILES string of the molecule is O=C(Nc1ccc(NC(=O)C2CCCO2)cc1)c1ccccc1OCc1ccc(Cl)cc1. The van der Waals surface area contributed by atoms with E-state index in [4.69, 9.17) is 21.1 Å². The maximum atomic E-state index is 12.8. The van der Waals surface area contributed by atoms with Crippen molar-refractivity contribution in [1.82, 2.24) is 0 Å². The number of benzene rings is 3. The third-order valence-electron chi connectivity index (χ3n) is 5.07. The average molecular weight is 451 g/mol. The molecule has 1 aliphatic heterocycles. The molecule has 7 heteroatoms. The van der Waals surface area contributed by atoms with Crippen LogP contribution < -0.4 is 15.4 Å². The van der Waals surface area contributed by atoms with E-state index in [2.05, 4.69) is 10.6 Å². The minimum Gasteiger partial charge on any atom is -0.488 e. The van der Waals surface area contributed by atoms with Gasteiger partial charge in [0.15, 0.2) is 0 Å². The molecule has 0 saturated carbocycles. The lowest BCUT2D eigenvalue weighted by Crippen LogP contribution is -2.26. The lowest BCUT2D eigenvalue weighted by molar-refractivity contribution is -0.124. The van der Waals surface area contributed by atoms with Gasteiger partial charge in [0.2, 0.25) is 0 Å². The molecule has 0 radical (unpaired) electrons. The molecule has 4 rings (SSSR count). The molecule has 3 aromatic carbocycles. The summed E-state index contributed by atoms with van der Waals surface area (Å²) in [6, 6.07) is 21.4. The second kappa shape index (κ2) is 10.3. The van der Waals surface area contributed by atoms with Crippen LogP contribution in [0.5, 0.6) is 5.75 Å². The first kappa shape index (κ1) is 21.9. The molecule has 1 atom stereocenters. The summed E-state index contributed by atoms with van der Waals surface area (Å²) in [7, 11) is 0. The Kier molecular flexibility index (Phi) is 7.04. The highest BCUT2D eigenvalue weighted by Crippen LogP contribution is 2.23. The van der Waals surface area contributed by atoms with Crippen LogP contribution in [0.3, 0.4) is 0 Å². The zero-order valence-corrected chi connectivity index (χ0v) is 18.1. The van der Waals surface area contributed by atoms with Crippen LogP contribution in [0.4, 0.5) is 11.4 Å². The Morgan fingerprint density at radius 1 is 0.938 bits per heavy atom. The Morgan fingerprint density at radius 2 is 1.62 bits per heavy atom. The van der Waals surface area contributed by atoms with Gasteiger partial charge in [-0.15, -0.1) is 0 Å². The summed E-state index contributed by atoms with van der Waals surface area (Å²) < 4.78 is 11.3. The molecule has 1 aliphatic rings. The molecular formula is C25H23ClN2O4. The van der Waals surface area contributed by atoms with Crippen LogP contribution in [0.25, 0.3) is 0 Å². The lowest BCUT2D eigenvalue weighted by atomic mass is 10.1.